The van der Waals surface area contributed by atoms with E-state index in [0.29, 0.717) is 23.5 Å². The minimum Gasteiger partial charge on any atom is -0.495 e. The van der Waals surface area contributed by atoms with Crippen LogP contribution in [0.25, 0.3) is 0 Å². The first-order chi connectivity index (χ1) is 12.2. The zero-order chi connectivity index (χ0) is 18.1. The number of para-hydroxylation sites is 2. The van der Waals surface area contributed by atoms with Crippen LogP contribution < -0.4 is 10.1 Å². The second-order valence-electron chi connectivity index (χ2n) is 5.73. The van der Waals surface area contributed by atoms with E-state index in [1.807, 2.05) is 47.4 Å². The Labute approximate surface area is 148 Å². The molecule has 0 saturated heterocycles. The number of carbonyl (C=O) groups is 1. The Hall–Kier alpha value is -2.84. The van der Waals surface area contributed by atoms with Gasteiger partial charge < -0.3 is 10.1 Å². The van der Waals surface area contributed by atoms with Crippen molar-refractivity contribution < 1.29 is 9.53 Å². The van der Waals surface area contributed by atoms with Gasteiger partial charge in [-0.15, -0.1) is 0 Å². The summed E-state index contributed by atoms with van der Waals surface area (Å²) in [5.74, 6) is 0.528. The van der Waals surface area contributed by atoms with Gasteiger partial charge in [0.25, 0.3) is 0 Å². The molecule has 2 rings (SSSR count). The van der Waals surface area contributed by atoms with Crippen molar-refractivity contribution in [1.82, 2.24) is 4.90 Å². The van der Waals surface area contributed by atoms with Crippen LogP contribution in [0.5, 0.6) is 5.75 Å². The Balaban J connectivity index is 2.05. The number of nitriles is 1. The molecule has 0 spiro atoms. The van der Waals surface area contributed by atoms with E-state index in [0.717, 1.165) is 18.5 Å². The van der Waals surface area contributed by atoms with Crippen LogP contribution in [0.4, 0.5) is 5.69 Å². The molecule has 5 nitrogen and oxygen atoms in total. The molecule has 0 aliphatic carbocycles. The van der Waals surface area contributed by atoms with Crippen LogP contribution in [0.15, 0.2) is 48.5 Å². The number of amides is 1. The lowest BCUT2D eigenvalue weighted by Crippen LogP contribution is -2.33. The van der Waals surface area contributed by atoms with Gasteiger partial charge in [0.05, 0.1) is 31.0 Å². The van der Waals surface area contributed by atoms with E-state index in [1.165, 1.54) is 0 Å². The van der Waals surface area contributed by atoms with Gasteiger partial charge in [-0.2, -0.15) is 5.26 Å². The zero-order valence-corrected chi connectivity index (χ0v) is 14.7. The number of ether oxygens (including phenoxy) is 1. The number of rotatable bonds is 8. The molecular weight excluding hydrogens is 314 g/mol. The van der Waals surface area contributed by atoms with Gasteiger partial charge >= 0.3 is 0 Å². The highest BCUT2D eigenvalue weighted by Gasteiger charge is 2.14. The fourth-order valence-electron chi connectivity index (χ4n) is 2.68. The molecule has 0 aliphatic heterocycles. The monoisotopic (exact) mass is 337 g/mol. The molecule has 130 valence electrons. The van der Waals surface area contributed by atoms with Crippen LogP contribution >= 0.6 is 0 Å². The molecule has 1 N–H and O–H groups in total. The summed E-state index contributed by atoms with van der Waals surface area (Å²) in [4.78, 5) is 14.5. The third-order valence-corrected chi connectivity index (χ3v) is 3.82. The standard InChI is InChI=1S/C20H23N3O2/c1-3-12-23(14-17-9-5-4-8-16(17)13-21)15-20(24)22-18-10-6-7-11-19(18)25-2/h4-11H,3,12,14-15H2,1-2H3,(H,22,24). The van der Waals surface area contributed by atoms with Crippen molar-refractivity contribution in [1.29, 1.82) is 5.26 Å². The SMILES string of the molecule is CCCN(CC(=O)Nc1ccccc1OC)Cc1ccccc1C#N. The largest absolute Gasteiger partial charge is 0.495 e. The second-order valence-corrected chi connectivity index (χ2v) is 5.73. The van der Waals surface area contributed by atoms with Crippen LogP contribution in [0.3, 0.4) is 0 Å². The predicted molar refractivity (Wildman–Crippen MR) is 98.3 cm³/mol. The molecular formula is C20H23N3O2. The lowest BCUT2D eigenvalue weighted by molar-refractivity contribution is -0.117. The normalized spacial score (nSPS) is 10.3. The van der Waals surface area contributed by atoms with E-state index < -0.39 is 0 Å². The molecule has 0 heterocycles. The molecule has 25 heavy (non-hydrogen) atoms. The van der Waals surface area contributed by atoms with Gasteiger partial charge in [-0.25, -0.2) is 0 Å². The van der Waals surface area contributed by atoms with Gasteiger partial charge in [0.2, 0.25) is 5.91 Å². The first-order valence-electron chi connectivity index (χ1n) is 8.31. The van der Waals surface area contributed by atoms with Crippen molar-refractivity contribution in [2.24, 2.45) is 0 Å². The Morgan fingerprint density at radius 1 is 1.20 bits per heavy atom. The smallest absolute Gasteiger partial charge is 0.238 e. The molecule has 0 aliphatic rings. The van der Waals surface area contributed by atoms with Gasteiger partial charge in [-0.1, -0.05) is 37.3 Å². The van der Waals surface area contributed by atoms with Crippen molar-refractivity contribution in [3.8, 4) is 11.8 Å². The summed E-state index contributed by atoms with van der Waals surface area (Å²) in [7, 11) is 1.58. The van der Waals surface area contributed by atoms with Crippen LogP contribution in [0.2, 0.25) is 0 Å². The van der Waals surface area contributed by atoms with Gasteiger partial charge in [-0.05, 0) is 36.7 Å². The number of nitrogens with zero attached hydrogens (tertiary/aromatic N) is 2. The fraction of sp³-hybridized carbons (Fsp3) is 0.300. The molecule has 1 amide bonds. The van der Waals surface area contributed by atoms with Crippen LogP contribution in [0.1, 0.15) is 24.5 Å². The molecule has 0 fully saturated rings. The lowest BCUT2D eigenvalue weighted by Gasteiger charge is -2.22. The quantitative estimate of drug-likeness (QED) is 0.801. The summed E-state index contributed by atoms with van der Waals surface area (Å²) in [6.45, 7) is 3.67. The average Bonchev–Trinajstić information content (AvgIpc) is 2.62. The van der Waals surface area contributed by atoms with E-state index in [2.05, 4.69) is 18.3 Å². The number of carbonyl (C=O) groups excluding carboxylic acids is 1. The highest BCUT2D eigenvalue weighted by atomic mass is 16.5. The van der Waals surface area contributed by atoms with Crippen molar-refractivity contribution in [3.05, 3.63) is 59.7 Å². The van der Waals surface area contributed by atoms with Gasteiger partial charge in [0, 0.05) is 6.54 Å². The maximum absolute atomic E-state index is 12.4. The van der Waals surface area contributed by atoms with E-state index in [1.54, 1.807) is 13.2 Å². The van der Waals surface area contributed by atoms with E-state index in [-0.39, 0.29) is 12.5 Å². The Morgan fingerprint density at radius 3 is 2.64 bits per heavy atom. The molecule has 0 bridgehead atoms. The summed E-state index contributed by atoms with van der Waals surface area (Å²) in [6.07, 6.45) is 0.927. The summed E-state index contributed by atoms with van der Waals surface area (Å²) in [6, 6.07) is 17.0. The molecule has 0 atom stereocenters. The summed E-state index contributed by atoms with van der Waals surface area (Å²) in [5.41, 5.74) is 2.24. The lowest BCUT2D eigenvalue weighted by atomic mass is 10.1. The fourth-order valence-corrected chi connectivity index (χ4v) is 2.68. The number of anilines is 1. The van der Waals surface area contributed by atoms with Crippen LogP contribution in [-0.2, 0) is 11.3 Å². The van der Waals surface area contributed by atoms with Gasteiger partial charge in [-0.3, -0.25) is 9.69 Å². The summed E-state index contributed by atoms with van der Waals surface area (Å²) in [5, 5.41) is 12.1. The number of hydrogen-bond donors (Lipinski definition) is 1. The van der Waals surface area contributed by atoms with E-state index in [4.69, 9.17) is 4.74 Å². The van der Waals surface area contributed by atoms with Crippen LogP contribution in [-0.4, -0.2) is 31.0 Å². The second kappa shape index (κ2) is 9.45. The van der Waals surface area contributed by atoms with Gasteiger partial charge in [0.15, 0.2) is 0 Å². The third-order valence-electron chi connectivity index (χ3n) is 3.82. The molecule has 0 saturated carbocycles. The van der Waals surface area contributed by atoms with Gasteiger partial charge in [0.1, 0.15) is 5.75 Å². The predicted octanol–water partition coefficient (Wildman–Crippen LogP) is 3.42. The molecule has 0 unspecified atom stereocenters. The van der Waals surface area contributed by atoms with E-state index >= 15 is 0 Å². The van der Waals surface area contributed by atoms with Crippen molar-refractivity contribution >= 4 is 11.6 Å². The Morgan fingerprint density at radius 2 is 1.92 bits per heavy atom. The highest BCUT2D eigenvalue weighted by molar-refractivity contribution is 5.93. The average molecular weight is 337 g/mol. The highest BCUT2D eigenvalue weighted by Crippen LogP contribution is 2.23. The van der Waals surface area contributed by atoms with Crippen molar-refractivity contribution in [2.75, 3.05) is 25.5 Å². The van der Waals surface area contributed by atoms with Crippen molar-refractivity contribution in [3.63, 3.8) is 0 Å². The summed E-state index contributed by atoms with van der Waals surface area (Å²) >= 11 is 0. The first kappa shape index (κ1) is 18.5. The number of hydrogen-bond acceptors (Lipinski definition) is 4. The van der Waals surface area contributed by atoms with Crippen molar-refractivity contribution in [2.45, 2.75) is 19.9 Å². The molecule has 2 aromatic rings. The molecule has 2 aromatic carbocycles. The summed E-state index contributed by atoms with van der Waals surface area (Å²) < 4.78 is 5.26. The van der Waals surface area contributed by atoms with Crippen LogP contribution in [0, 0.1) is 11.3 Å². The topological polar surface area (TPSA) is 65.4 Å². The Bertz CT molecular complexity index is 753. The minimum absolute atomic E-state index is 0.104. The first-order valence-corrected chi connectivity index (χ1v) is 8.31. The number of methoxy groups -OCH3 is 1. The number of benzene rings is 2. The number of nitrogens with one attached hydrogen (secondary N) is 1. The molecule has 5 heteroatoms. The maximum atomic E-state index is 12.4. The maximum Gasteiger partial charge on any atom is 0.238 e. The molecule has 0 aromatic heterocycles. The molecule has 0 radical (unpaired) electrons. The minimum atomic E-state index is -0.104. The van der Waals surface area contributed by atoms with E-state index in [9.17, 15) is 10.1 Å². The zero-order valence-electron chi connectivity index (χ0n) is 14.7. The Kier molecular flexibility index (Phi) is 7.00. The third kappa shape index (κ3) is 5.33.